The number of aliphatic hydroxyl groups excluding tert-OH is 4. The largest absolute Gasteiger partial charge is 0.445 e. The first-order valence-corrected chi connectivity index (χ1v) is 7.80. The van der Waals surface area contributed by atoms with Crippen molar-refractivity contribution in [1.82, 2.24) is 10.6 Å². The van der Waals surface area contributed by atoms with E-state index in [4.69, 9.17) is 9.84 Å². The van der Waals surface area contributed by atoms with E-state index in [0.29, 0.717) is 0 Å². The van der Waals surface area contributed by atoms with Gasteiger partial charge in [0.15, 0.2) is 0 Å². The molecule has 6 N–H and O–H groups in total. The van der Waals surface area contributed by atoms with Gasteiger partial charge in [-0.2, -0.15) is 0 Å². The van der Waals surface area contributed by atoms with Crippen LogP contribution in [0, 0.1) is 0 Å². The maximum atomic E-state index is 11.6. The fourth-order valence-corrected chi connectivity index (χ4v) is 1.89. The Kier molecular flexibility index (Phi) is 9.48. The highest BCUT2D eigenvalue weighted by molar-refractivity contribution is 5.82. The summed E-state index contributed by atoms with van der Waals surface area (Å²) < 4.78 is 4.92. The lowest BCUT2D eigenvalue weighted by molar-refractivity contribution is -0.121. The van der Waals surface area contributed by atoms with Gasteiger partial charge in [0.25, 0.3) is 0 Å². The minimum absolute atomic E-state index is 0.0714. The molecule has 0 spiro atoms. The Hall–Kier alpha value is -2.20. The summed E-state index contributed by atoms with van der Waals surface area (Å²) in [5, 5.41) is 41.8. The second-order valence-electron chi connectivity index (χ2n) is 5.36. The van der Waals surface area contributed by atoms with Crippen molar-refractivity contribution in [3.8, 4) is 0 Å². The maximum absolute atomic E-state index is 11.6. The lowest BCUT2D eigenvalue weighted by Crippen LogP contribution is -2.46. The van der Waals surface area contributed by atoms with Crippen molar-refractivity contribution in [1.29, 1.82) is 0 Å². The van der Waals surface area contributed by atoms with Crippen LogP contribution in [0.1, 0.15) is 12.0 Å². The van der Waals surface area contributed by atoms with Crippen LogP contribution in [0.4, 0.5) is 4.79 Å². The van der Waals surface area contributed by atoms with E-state index >= 15 is 0 Å². The first-order chi connectivity index (χ1) is 11.9. The van der Waals surface area contributed by atoms with Gasteiger partial charge in [-0.15, -0.1) is 0 Å². The van der Waals surface area contributed by atoms with Crippen LogP contribution in [0.2, 0.25) is 0 Å². The summed E-state index contributed by atoms with van der Waals surface area (Å²) in [4.78, 5) is 23.0. The molecule has 0 radical (unpaired) electrons. The van der Waals surface area contributed by atoms with E-state index < -0.39 is 30.3 Å². The summed E-state index contributed by atoms with van der Waals surface area (Å²) in [6, 6.07) is 9.03. The smallest absolute Gasteiger partial charge is 0.407 e. The Morgan fingerprint density at radius 3 is 2.36 bits per heavy atom. The Morgan fingerprint density at radius 2 is 1.72 bits per heavy atom. The van der Waals surface area contributed by atoms with Gasteiger partial charge in [-0.3, -0.25) is 4.79 Å². The lowest BCUT2D eigenvalue weighted by atomic mass is 10.1. The molecule has 9 nitrogen and oxygen atoms in total. The predicted octanol–water partition coefficient (Wildman–Crippen LogP) is -1.51. The molecular formula is C16H24N2O7. The van der Waals surface area contributed by atoms with E-state index in [-0.39, 0.29) is 32.7 Å². The summed E-state index contributed by atoms with van der Waals surface area (Å²) in [6.07, 6.45) is -5.08. The van der Waals surface area contributed by atoms with E-state index in [1.807, 2.05) is 6.07 Å². The lowest BCUT2D eigenvalue weighted by Gasteiger charge is -2.22. The van der Waals surface area contributed by atoms with Crippen LogP contribution in [0.25, 0.3) is 0 Å². The number of aliphatic hydroxyl groups is 4. The third-order valence-corrected chi connectivity index (χ3v) is 3.33. The molecule has 0 saturated heterocycles. The summed E-state index contributed by atoms with van der Waals surface area (Å²) in [6.45, 7) is -0.951. The van der Waals surface area contributed by atoms with Gasteiger partial charge in [-0.1, -0.05) is 30.3 Å². The molecule has 9 heteroatoms. The van der Waals surface area contributed by atoms with Crippen molar-refractivity contribution in [2.45, 2.75) is 31.3 Å². The van der Waals surface area contributed by atoms with Gasteiger partial charge < -0.3 is 35.8 Å². The van der Waals surface area contributed by atoms with E-state index in [9.17, 15) is 24.9 Å². The third-order valence-electron chi connectivity index (χ3n) is 3.33. The average molecular weight is 356 g/mol. The van der Waals surface area contributed by atoms with Gasteiger partial charge in [0.2, 0.25) is 5.91 Å². The molecule has 0 aliphatic rings. The number of hydrogen-bond acceptors (Lipinski definition) is 7. The van der Waals surface area contributed by atoms with Crippen LogP contribution in [0.5, 0.6) is 0 Å². The number of carbonyl (C=O) groups is 2. The predicted molar refractivity (Wildman–Crippen MR) is 87.4 cm³/mol. The quantitative estimate of drug-likeness (QED) is 0.299. The molecule has 2 amide bonds. The number of carbonyl (C=O) groups excluding carboxylic acids is 2. The standard InChI is InChI=1S/C16H24N2O7/c19-7-6-12(20)15(23)13(21)8-17-14(22)9-18-16(24)25-10-11-4-2-1-3-5-11/h1-5,12-13,15,19-21,23H,6-10H2,(H,17,22)(H,18,24). The molecule has 0 saturated carbocycles. The second kappa shape index (κ2) is 11.4. The molecule has 0 bridgehead atoms. The van der Waals surface area contributed by atoms with E-state index in [2.05, 4.69) is 10.6 Å². The minimum atomic E-state index is -1.50. The van der Waals surface area contributed by atoms with Crippen molar-refractivity contribution in [2.75, 3.05) is 19.7 Å². The van der Waals surface area contributed by atoms with Gasteiger partial charge in [-0.25, -0.2) is 4.79 Å². The number of benzene rings is 1. The molecule has 1 rings (SSSR count). The van der Waals surface area contributed by atoms with Crippen LogP contribution in [-0.2, 0) is 16.1 Å². The summed E-state index contributed by atoms with van der Waals surface area (Å²) in [7, 11) is 0. The number of nitrogens with one attached hydrogen (secondary N) is 2. The third kappa shape index (κ3) is 8.45. The summed E-state index contributed by atoms with van der Waals surface area (Å²) in [5.41, 5.74) is 0.806. The molecule has 0 aromatic heterocycles. The molecule has 3 atom stereocenters. The molecule has 0 fully saturated rings. The fourth-order valence-electron chi connectivity index (χ4n) is 1.89. The van der Waals surface area contributed by atoms with E-state index in [1.54, 1.807) is 24.3 Å². The second-order valence-corrected chi connectivity index (χ2v) is 5.36. The van der Waals surface area contributed by atoms with Gasteiger partial charge in [0.05, 0.1) is 18.8 Å². The van der Waals surface area contributed by atoms with Crippen molar-refractivity contribution >= 4 is 12.0 Å². The molecule has 3 unspecified atom stereocenters. The monoisotopic (exact) mass is 356 g/mol. The van der Waals surface area contributed by atoms with Crippen LogP contribution in [0.3, 0.4) is 0 Å². The first-order valence-electron chi connectivity index (χ1n) is 7.80. The average Bonchev–Trinajstić information content (AvgIpc) is 2.63. The number of amides is 2. The first kappa shape index (κ1) is 20.8. The van der Waals surface area contributed by atoms with Gasteiger partial charge in [-0.05, 0) is 12.0 Å². The Balaban J connectivity index is 2.20. The van der Waals surface area contributed by atoms with E-state index in [0.717, 1.165) is 5.56 Å². The molecule has 1 aromatic rings. The molecule has 140 valence electrons. The number of hydrogen-bond donors (Lipinski definition) is 6. The highest BCUT2D eigenvalue weighted by Gasteiger charge is 2.24. The number of ether oxygens (including phenoxy) is 1. The minimum Gasteiger partial charge on any atom is -0.445 e. The highest BCUT2D eigenvalue weighted by atomic mass is 16.5. The number of rotatable bonds is 10. The summed E-state index contributed by atoms with van der Waals surface area (Å²) in [5.74, 6) is -0.598. The Bertz CT molecular complexity index is 526. The zero-order valence-corrected chi connectivity index (χ0v) is 13.7. The van der Waals surface area contributed by atoms with Crippen LogP contribution >= 0.6 is 0 Å². The molecule has 0 aliphatic carbocycles. The van der Waals surface area contributed by atoms with Crippen LogP contribution in [0.15, 0.2) is 30.3 Å². The normalized spacial score (nSPS) is 14.2. The fraction of sp³-hybridized carbons (Fsp3) is 0.500. The van der Waals surface area contributed by atoms with Crippen LogP contribution < -0.4 is 10.6 Å². The molecular weight excluding hydrogens is 332 g/mol. The van der Waals surface area contributed by atoms with Gasteiger partial charge >= 0.3 is 6.09 Å². The van der Waals surface area contributed by atoms with Gasteiger partial charge in [0.1, 0.15) is 12.7 Å². The molecule has 0 heterocycles. The Morgan fingerprint density at radius 1 is 1.04 bits per heavy atom. The molecule has 0 aliphatic heterocycles. The molecule has 1 aromatic carbocycles. The molecule has 25 heavy (non-hydrogen) atoms. The number of alkyl carbamates (subject to hydrolysis) is 1. The van der Waals surface area contributed by atoms with Crippen molar-refractivity contribution in [2.24, 2.45) is 0 Å². The van der Waals surface area contributed by atoms with Crippen LogP contribution in [-0.4, -0.2) is 70.4 Å². The van der Waals surface area contributed by atoms with Gasteiger partial charge in [0, 0.05) is 13.2 Å². The van der Waals surface area contributed by atoms with Crippen molar-refractivity contribution < 1.29 is 34.8 Å². The van der Waals surface area contributed by atoms with E-state index in [1.165, 1.54) is 0 Å². The zero-order chi connectivity index (χ0) is 18.7. The topological polar surface area (TPSA) is 148 Å². The SMILES string of the molecule is O=C(CNC(=O)OCc1ccccc1)NCC(O)C(O)C(O)CCO. The Labute approximate surface area is 145 Å². The van der Waals surface area contributed by atoms with Crippen molar-refractivity contribution in [3.63, 3.8) is 0 Å². The maximum Gasteiger partial charge on any atom is 0.407 e. The zero-order valence-electron chi connectivity index (χ0n) is 13.7. The van der Waals surface area contributed by atoms with Crippen molar-refractivity contribution in [3.05, 3.63) is 35.9 Å². The summed E-state index contributed by atoms with van der Waals surface area (Å²) >= 11 is 0. The highest BCUT2D eigenvalue weighted by Crippen LogP contribution is 2.03.